The van der Waals surface area contributed by atoms with Gasteiger partial charge in [0.15, 0.2) is 11.5 Å². The van der Waals surface area contributed by atoms with Crippen LogP contribution >= 0.6 is 0 Å². The molecule has 1 aromatic carbocycles. The molecule has 2 aliphatic rings. The minimum absolute atomic E-state index is 0.0604. The molecule has 18 heavy (non-hydrogen) atoms. The molecule has 1 saturated heterocycles. The topological polar surface area (TPSA) is 41.9 Å². The van der Waals surface area contributed by atoms with Crippen LogP contribution in [0, 0.1) is 0 Å². The zero-order valence-electron chi connectivity index (χ0n) is 10.4. The second-order valence-electron chi connectivity index (χ2n) is 5.05. The van der Waals surface area contributed by atoms with Crippen LogP contribution in [0.1, 0.15) is 12.8 Å². The Morgan fingerprint density at radius 1 is 1.28 bits per heavy atom. The van der Waals surface area contributed by atoms with E-state index in [0.717, 1.165) is 44.0 Å². The third-order valence-electron chi connectivity index (χ3n) is 3.51. The Hall–Kier alpha value is -1.26. The maximum Gasteiger partial charge on any atom is 0.161 e. The fraction of sp³-hybridized carbons (Fsp3) is 0.571. The monoisotopic (exact) mass is 249 g/mol. The smallest absolute Gasteiger partial charge is 0.161 e. The van der Waals surface area contributed by atoms with E-state index in [0.29, 0.717) is 6.61 Å². The molecule has 0 amide bonds. The number of hydrogen-bond donors (Lipinski definition) is 1. The molecule has 0 radical (unpaired) electrons. The summed E-state index contributed by atoms with van der Waals surface area (Å²) in [7, 11) is 0. The maximum absolute atomic E-state index is 9.65. The summed E-state index contributed by atoms with van der Waals surface area (Å²) in [6.07, 6.45) is 1.85. The Kier molecular flexibility index (Phi) is 3.39. The van der Waals surface area contributed by atoms with Crippen molar-refractivity contribution in [2.75, 3.05) is 26.2 Å². The summed E-state index contributed by atoms with van der Waals surface area (Å²) in [6.45, 7) is 3.20. The molecule has 0 aliphatic carbocycles. The quantitative estimate of drug-likeness (QED) is 0.857. The SMILES string of the molecule is O[C@H]1CCCN(CC2COc3ccccc3O2)C1. The molecule has 98 valence electrons. The minimum atomic E-state index is -0.185. The van der Waals surface area contributed by atoms with Crippen molar-refractivity contribution in [1.29, 1.82) is 0 Å². The molecule has 2 heterocycles. The summed E-state index contributed by atoms with van der Waals surface area (Å²) in [5.74, 6) is 1.65. The van der Waals surface area contributed by atoms with Crippen LogP contribution in [-0.2, 0) is 0 Å². The number of nitrogens with zero attached hydrogens (tertiary/aromatic N) is 1. The molecule has 0 saturated carbocycles. The molecular formula is C14H19NO3. The van der Waals surface area contributed by atoms with Crippen molar-refractivity contribution in [3.05, 3.63) is 24.3 Å². The van der Waals surface area contributed by atoms with Crippen LogP contribution in [0.4, 0.5) is 0 Å². The number of fused-ring (bicyclic) bond motifs is 1. The van der Waals surface area contributed by atoms with Crippen molar-refractivity contribution in [3.8, 4) is 11.5 Å². The number of piperidine rings is 1. The van der Waals surface area contributed by atoms with E-state index in [1.807, 2.05) is 24.3 Å². The van der Waals surface area contributed by atoms with E-state index < -0.39 is 0 Å². The number of β-amino-alcohol motifs (C(OH)–C–C–N with tert-alkyl or cyclic N) is 1. The van der Waals surface area contributed by atoms with Crippen LogP contribution in [0.25, 0.3) is 0 Å². The van der Waals surface area contributed by atoms with Crippen LogP contribution in [0.5, 0.6) is 11.5 Å². The second kappa shape index (κ2) is 5.16. The van der Waals surface area contributed by atoms with Gasteiger partial charge in [0, 0.05) is 13.1 Å². The summed E-state index contributed by atoms with van der Waals surface area (Å²) in [6, 6.07) is 7.77. The summed E-state index contributed by atoms with van der Waals surface area (Å²) in [4.78, 5) is 2.26. The van der Waals surface area contributed by atoms with Gasteiger partial charge < -0.3 is 14.6 Å². The third kappa shape index (κ3) is 2.60. The summed E-state index contributed by atoms with van der Waals surface area (Å²) in [5.41, 5.74) is 0. The molecule has 2 aliphatic heterocycles. The molecule has 3 rings (SSSR count). The first-order valence-corrected chi connectivity index (χ1v) is 6.60. The maximum atomic E-state index is 9.65. The molecular weight excluding hydrogens is 230 g/mol. The van der Waals surface area contributed by atoms with Gasteiger partial charge in [-0.25, -0.2) is 0 Å². The van der Waals surface area contributed by atoms with E-state index in [1.165, 1.54) is 0 Å². The first-order valence-electron chi connectivity index (χ1n) is 6.60. The lowest BCUT2D eigenvalue weighted by Crippen LogP contribution is -2.46. The lowest BCUT2D eigenvalue weighted by Gasteiger charge is -2.34. The second-order valence-corrected chi connectivity index (χ2v) is 5.05. The van der Waals surface area contributed by atoms with Gasteiger partial charge in [0.1, 0.15) is 12.7 Å². The highest BCUT2D eigenvalue weighted by Crippen LogP contribution is 2.31. The number of likely N-dealkylation sites (tertiary alicyclic amines) is 1. The lowest BCUT2D eigenvalue weighted by molar-refractivity contribution is 0.0213. The molecule has 4 heteroatoms. The lowest BCUT2D eigenvalue weighted by atomic mass is 10.1. The Morgan fingerprint density at radius 2 is 2.11 bits per heavy atom. The van der Waals surface area contributed by atoms with Crippen molar-refractivity contribution in [2.45, 2.75) is 25.0 Å². The van der Waals surface area contributed by atoms with Crippen molar-refractivity contribution < 1.29 is 14.6 Å². The third-order valence-corrected chi connectivity index (χ3v) is 3.51. The van der Waals surface area contributed by atoms with Crippen LogP contribution in [-0.4, -0.2) is 48.5 Å². The molecule has 4 nitrogen and oxygen atoms in total. The van der Waals surface area contributed by atoms with Gasteiger partial charge in [0.05, 0.1) is 6.10 Å². The number of aliphatic hydroxyl groups excluding tert-OH is 1. The highest BCUT2D eigenvalue weighted by Gasteiger charge is 2.25. The minimum Gasteiger partial charge on any atom is -0.486 e. The first kappa shape index (κ1) is 11.8. The van der Waals surface area contributed by atoms with Gasteiger partial charge in [-0.1, -0.05) is 12.1 Å². The van der Waals surface area contributed by atoms with Crippen LogP contribution in [0.2, 0.25) is 0 Å². The molecule has 1 unspecified atom stereocenters. The van der Waals surface area contributed by atoms with Gasteiger partial charge in [0.2, 0.25) is 0 Å². The number of aliphatic hydroxyl groups is 1. The van der Waals surface area contributed by atoms with Gasteiger partial charge >= 0.3 is 0 Å². The number of para-hydroxylation sites is 2. The van der Waals surface area contributed by atoms with Gasteiger partial charge in [-0.15, -0.1) is 0 Å². The molecule has 2 atom stereocenters. The first-order chi connectivity index (χ1) is 8.81. The van der Waals surface area contributed by atoms with Crippen LogP contribution < -0.4 is 9.47 Å². The van der Waals surface area contributed by atoms with Gasteiger partial charge in [0.25, 0.3) is 0 Å². The molecule has 0 bridgehead atoms. The summed E-state index contributed by atoms with van der Waals surface area (Å²) in [5, 5.41) is 9.65. The largest absolute Gasteiger partial charge is 0.486 e. The average molecular weight is 249 g/mol. The van der Waals surface area contributed by atoms with E-state index in [1.54, 1.807) is 0 Å². The van der Waals surface area contributed by atoms with E-state index in [-0.39, 0.29) is 12.2 Å². The van der Waals surface area contributed by atoms with Crippen LogP contribution in [0.15, 0.2) is 24.3 Å². The van der Waals surface area contributed by atoms with Gasteiger partial charge in [-0.3, -0.25) is 4.90 Å². The van der Waals surface area contributed by atoms with Gasteiger partial charge in [-0.05, 0) is 31.5 Å². The van der Waals surface area contributed by atoms with E-state index in [9.17, 15) is 5.11 Å². The highest BCUT2D eigenvalue weighted by molar-refractivity contribution is 5.40. The zero-order valence-corrected chi connectivity index (χ0v) is 10.4. The Labute approximate surface area is 107 Å². The van der Waals surface area contributed by atoms with E-state index in [2.05, 4.69) is 4.90 Å². The number of benzene rings is 1. The summed E-state index contributed by atoms with van der Waals surface area (Å²) < 4.78 is 11.6. The van der Waals surface area contributed by atoms with Crippen molar-refractivity contribution in [2.24, 2.45) is 0 Å². The molecule has 1 N–H and O–H groups in total. The number of ether oxygens (including phenoxy) is 2. The Balaban J connectivity index is 1.59. The molecule has 0 aromatic heterocycles. The molecule has 1 fully saturated rings. The Morgan fingerprint density at radius 3 is 2.94 bits per heavy atom. The molecule has 0 spiro atoms. The van der Waals surface area contributed by atoms with Gasteiger partial charge in [-0.2, -0.15) is 0 Å². The normalized spacial score (nSPS) is 28.1. The van der Waals surface area contributed by atoms with Crippen molar-refractivity contribution >= 4 is 0 Å². The zero-order chi connectivity index (χ0) is 12.4. The molecule has 1 aromatic rings. The predicted molar refractivity (Wildman–Crippen MR) is 68.0 cm³/mol. The summed E-state index contributed by atoms with van der Waals surface area (Å²) >= 11 is 0. The van der Waals surface area contributed by atoms with Crippen LogP contribution in [0.3, 0.4) is 0 Å². The van der Waals surface area contributed by atoms with E-state index >= 15 is 0 Å². The number of rotatable bonds is 2. The standard InChI is InChI=1S/C14H19NO3/c16-11-4-3-7-15(8-11)9-12-10-17-13-5-1-2-6-14(13)18-12/h1-2,5-6,11-12,16H,3-4,7-10H2/t11-,12?/m0/s1. The van der Waals surface area contributed by atoms with E-state index in [4.69, 9.17) is 9.47 Å². The van der Waals surface area contributed by atoms with Crippen molar-refractivity contribution in [3.63, 3.8) is 0 Å². The average Bonchev–Trinajstić information content (AvgIpc) is 2.39. The number of hydrogen-bond acceptors (Lipinski definition) is 4. The fourth-order valence-electron chi connectivity index (χ4n) is 2.64. The Bertz CT molecular complexity index is 410. The fourth-order valence-corrected chi connectivity index (χ4v) is 2.64. The highest BCUT2D eigenvalue weighted by atomic mass is 16.6. The predicted octanol–water partition coefficient (Wildman–Crippen LogP) is 1.28. The van der Waals surface area contributed by atoms with Crippen molar-refractivity contribution in [1.82, 2.24) is 4.90 Å².